The molecule has 0 radical (unpaired) electrons. The lowest BCUT2D eigenvalue weighted by Crippen LogP contribution is -2.30. The lowest BCUT2D eigenvalue weighted by atomic mass is 10.1. The Balaban J connectivity index is 2.32. The molecule has 0 saturated carbocycles. The van der Waals surface area contributed by atoms with E-state index in [1.165, 1.54) is 4.88 Å². The van der Waals surface area contributed by atoms with Crippen LogP contribution < -0.4 is 10.6 Å². The van der Waals surface area contributed by atoms with E-state index in [1.807, 2.05) is 12.1 Å². The highest BCUT2D eigenvalue weighted by Crippen LogP contribution is 2.30. The minimum absolute atomic E-state index is 0.0350. The molecule has 1 aromatic carbocycles. The van der Waals surface area contributed by atoms with Crippen molar-refractivity contribution in [2.75, 3.05) is 4.90 Å². The Labute approximate surface area is 128 Å². The molecule has 0 amide bonds. The molecule has 0 fully saturated rings. The van der Waals surface area contributed by atoms with Crippen molar-refractivity contribution in [3.8, 4) is 0 Å². The van der Waals surface area contributed by atoms with Crippen LogP contribution in [0.4, 0.5) is 5.69 Å². The van der Waals surface area contributed by atoms with Crippen molar-refractivity contribution in [1.82, 2.24) is 0 Å². The van der Waals surface area contributed by atoms with Crippen molar-refractivity contribution in [3.05, 3.63) is 51.2 Å². The summed E-state index contributed by atoms with van der Waals surface area (Å²) in [6, 6.07) is 10.0. The maximum atomic E-state index is 7.46. The number of amidine groups is 1. The first kappa shape index (κ1) is 14.9. The fraction of sp³-hybridized carbons (Fsp3) is 0.267. The molecule has 3 nitrogen and oxygen atoms in total. The third kappa shape index (κ3) is 3.32. The highest BCUT2D eigenvalue weighted by molar-refractivity contribution is 7.09. The highest BCUT2D eigenvalue weighted by Gasteiger charge is 2.15. The summed E-state index contributed by atoms with van der Waals surface area (Å²) in [6.45, 7) is 5.11. The maximum Gasteiger partial charge on any atom is 0.122 e. The van der Waals surface area contributed by atoms with Crippen molar-refractivity contribution < 1.29 is 0 Å². The SMILES string of the molecule is CC(C)N(Cc1cccs1)c1ccc(C(=N)N)cc1Cl. The van der Waals surface area contributed by atoms with Gasteiger partial charge in [-0.25, -0.2) is 0 Å². The Hall–Kier alpha value is -1.52. The molecule has 5 heteroatoms. The molecule has 0 aliphatic rings. The van der Waals surface area contributed by atoms with Crippen LogP contribution in [0.1, 0.15) is 24.3 Å². The molecule has 3 N–H and O–H groups in total. The molecule has 20 heavy (non-hydrogen) atoms. The summed E-state index contributed by atoms with van der Waals surface area (Å²) in [5.41, 5.74) is 7.11. The molecule has 0 spiro atoms. The third-order valence-corrected chi connectivity index (χ3v) is 4.26. The van der Waals surface area contributed by atoms with E-state index in [4.69, 9.17) is 22.7 Å². The summed E-state index contributed by atoms with van der Waals surface area (Å²) in [5.74, 6) is 0.0350. The first-order valence-electron chi connectivity index (χ1n) is 6.42. The Kier molecular flexibility index (Phi) is 4.68. The van der Waals surface area contributed by atoms with Crippen molar-refractivity contribution in [1.29, 1.82) is 5.41 Å². The molecule has 0 atom stereocenters. The Morgan fingerprint density at radius 3 is 2.65 bits per heavy atom. The lowest BCUT2D eigenvalue weighted by molar-refractivity contribution is 0.687. The van der Waals surface area contributed by atoms with E-state index in [9.17, 15) is 0 Å². The average Bonchev–Trinajstić information content (AvgIpc) is 2.89. The molecule has 106 valence electrons. The number of nitrogens with one attached hydrogen (secondary N) is 1. The molecule has 0 aliphatic carbocycles. The van der Waals surface area contributed by atoms with Gasteiger partial charge >= 0.3 is 0 Å². The van der Waals surface area contributed by atoms with Gasteiger partial charge in [0.25, 0.3) is 0 Å². The van der Waals surface area contributed by atoms with E-state index in [0.717, 1.165) is 12.2 Å². The zero-order valence-electron chi connectivity index (χ0n) is 11.6. The quantitative estimate of drug-likeness (QED) is 0.645. The number of nitrogens with zero attached hydrogens (tertiary/aromatic N) is 1. The van der Waals surface area contributed by atoms with Crippen LogP contribution in [0.2, 0.25) is 5.02 Å². The Bertz CT molecular complexity index is 593. The summed E-state index contributed by atoms with van der Waals surface area (Å²) in [4.78, 5) is 3.54. The zero-order valence-corrected chi connectivity index (χ0v) is 13.1. The molecule has 0 bridgehead atoms. The number of nitrogen functional groups attached to an aromatic ring is 1. The summed E-state index contributed by atoms with van der Waals surface area (Å²) in [5, 5.41) is 10.2. The van der Waals surface area contributed by atoms with Gasteiger partial charge in [-0.3, -0.25) is 5.41 Å². The van der Waals surface area contributed by atoms with E-state index in [2.05, 4.69) is 36.3 Å². The number of hydrogen-bond donors (Lipinski definition) is 2. The molecule has 1 aromatic heterocycles. The van der Waals surface area contributed by atoms with Gasteiger partial charge in [-0.15, -0.1) is 11.3 Å². The summed E-state index contributed by atoms with van der Waals surface area (Å²) in [7, 11) is 0. The highest BCUT2D eigenvalue weighted by atomic mass is 35.5. The number of thiophene rings is 1. The standard InChI is InChI=1S/C15H18ClN3S/c1-10(2)19(9-12-4-3-7-20-12)14-6-5-11(15(17)18)8-13(14)16/h3-8,10H,9H2,1-2H3,(H3,17,18). The number of benzene rings is 1. The Morgan fingerprint density at radius 1 is 1.40 bits per heavy atom. The van der Waals surface area contributed by atoms with E-state index in [1.54, 1.807) is 17.4 Å². The Morgan fingerprint density at radius 2 is 2.15 bits per heavy atom. The molecule has 2 aromatic rings. The van der Waals surface area contributed by atoms with Gasteiger partial charge in [0.1, 0.15) is 5.84 Å². The number of rotatable bonds is 5. The van der Waals surface area contributed by atoms with E-state index < -0.39 is 0 Å². The van der Waals surface area contributed by atoms with E-state index in [0.29, 0.717) is 16.6 Å². The van der Waals surface area contributed by atoms with Gasteiger partial charge in [-0.1, -0.05) is 17.7 Å². The number of nitrogens with two attached hydrogens (primary N) is 1. The molecular formula is C15H18ClN3S. The van der Waals surface area contributed by atoms with Crippen LogP contribution in [0, 0.1) is 5.41 Å². The van der Waals surface area contributed by atoms with Crippen molar-refractivity contribution >= 4 is 34.5 Å². The number of anilines is 1. The van der Waals surface area contributed by atoms with Crippen LogP contribution in [0.25, 0.3) is 0 Å². The summed E-state index contributed by atoms with van der Waals surface area (Å²) < 4.78 is 0. The first-order valence-corrected chi connectivity index (χ1v) is 7.67. The van der Waals surface area contributed by atoms with Gasteiger partial charge in [0.2, 0.25) is 0 Å². The molecule has 0 saturated heterocycles. The topological polar surface area (TPSA) is 53.1 Å². The predicted molar refractivity (Wildman–Crippen MR) is 88.1 cm³/mol. The first-order chi connectivity index (χ1) is 9.49. The minimum atomic E-state index is 0.0350. The summed E-state index contributed by atoms with van der Waals surface area (Å²) in [6.07, 6.45) is 0. The predicted octanol–water partition coefficient (Wildman–Crippen LogP) is 4.10. The van der Waals surface area contributed by atoms with Crippen LogP contribution in [0.15, 0.2) is 35.7 Å². The van der Waals surface area contributed by atoms with Gasteiger partial charge in [0, 0.05) is 16.5 Å². The average molecular weight is 308 g/mol. The third-order valence-electron chi connectivity index (χ3n) is 3.10. The van der Waals surface area contributed by atoms with Gasteiger partial charge < -0.3 is 10.6 Å². The van der Waals surface area contributed by atoms with Gasteiger partial charge in [-0.2, -0.15) is 0 Å². The minimum Gasteiger partial charge on any atom is -0.384 e. The molecule has 0 aliphatic heterocycles. The summed E-state index contributed by atoms with van der Waals surface area (Å²) >= 11 is 8.10. The largest absolute Gasteiger partial charge is 0.384 e. The van der Waals surface area contributed by atoms with Crippen LogP contribution in [-0.2, 0) is 6.54 Å². The van der Waals surface area contributed by atoms with E-state index in [-0.39, 0.29) is 5.84 Å². The molecular weight excluding hydrogens is 290 g/mol. The lowest BCUT2D eigenvalue weighted by Gasteiger charge is -2.29. The fourth-order valence-electron chi connectivity index (χ4n) is 2.02. The smallest absolute Gasteiger partial charge is 0.122 e. The number of hydrogen-bond acceptors (Lipinski definition) is 3. The monoisotopic (exact) mass is 307 g/mol. The van der Waals surface area contributed by atoms with Crippen molar-refractivity contribution in [3.63, 3.8) is 0 Å². The normalized spacial score (nSPS) is 10.8. The van der Waals surface area contributed by atoms with Gasteiger partial charge in [0.15, 0.2) is 0 Å². The van der Waals surface area contributed by atoms with Gasteiger partial charge in [-0.05, 0) is 43.5 Å². The second kappa shape index (κ2) is 6.29. The van der Waals surface area contributed by atoms with Crippen LogP contribution >= 0.6 is 22.9 Å². The van der Waals surface area contributed by atoms with Crippen LogP contribution in [0.5, 0.6) is 0 Å². The van der Waals surface area contributed by atoms with E-state index >= 15 is 0 Å². The molecule has 1 heterocycles. The van der Waals surface area contributed by atoms with Crippen LogP contribution in [-0.4, -0.2) is 11.9 Å². The molecule has 0 unspecified atom stereocenters. The van der Waals surface area contributed by atoms with Crippen LogP contribution in [0.3, 0.4) is 0 Å². The van der Waals surface area contributed by atoms with Crippen molar-refractivity contribution in [2.24, 2.45) is 5.73 Å². The second-order valence-electron chi connectivity index (χ2n) is 4.88. The fourth-order valence-corrected chi connectivity index (χ4v) is 3.02. The maximum absolute atomic E-state index is 7.46. The number of halogens is 1. The molecule has 2 rings (SSSR count). The second-order valence-corrected chi connectivity index (χ2v) is 6.32. The van der Waals surface area contributed by atoms with Gasteiger partial charge in [0.05, 0.1) is 17.3 Å². The van der Waals surface area contributed by atoms with Crippen molar-refractivity contribution in [2.45, 2.75) is 26.4 Å². The zero-order chi connectivity index (χ0) is 14.7.